The molecule has 106 valence electrons. The second-order valence-corrected chi connectivity index (χ2v) is 5.61. The Bertz CT molecular complexity index is 699. The van der Waals surface area contributed by atoms with E-state index in [0.717, 1.165) is 34.7 Å². The van der Waals surface area contributed by atoms with Crippen LogP contribution in [0.1, 0.15) is 23.1 Å². The Kier molecular flexibility index (Phi) is 4.07. The molecule has 0 radical (unpaired) electrons. The van der Waals surface area contributed by atoms with E-state index in [2.05, 4.69) is 47.8 Å². The van der Waals surface area contributed by atoms with Crippen LogP contribution in [0, 0.1) is 6.92 Å². The summed E-state index contributed by atoms with van der Waals surface area (Å²) < 4.78 is 0. The van der Waals surface area contributed by atoms with Gasteiger partial charge in [-0.2, -0.15) is 5.10 Å². The molecule has 3 rings (SSSR count). The lowest BCUT2D eigenvalue weighted by Gasteiger charge is -2.17. The molecule has 1 aliphatic carbocycles. The van der Waals surface area contributed by atoms with Crippen LogP contribution in [-0.4, -0.2) is 6.21 Å². The van der Waals surface area contributed by atoms with Gasteiger partial charge in [0.1, 0.15) is 0 Å². The van der Waals surface area contributed by atoms with Gasteiger partial charge in [0.05, 0.1) is 16.9 Å². The Balaban J connectivity index is 1.76. The molecule has 0 aliphatic heterocycles. The van der Waals surface area contributed by atoms with Crippen molar-refractivity contribution in [2.75, 3.05) is 5.43 Å². The first-order chi connectivity index (χ1) is 10.2. The number of rotatable bonds is 3. The first-order valence-corrected chi connectivity index (χ1v) is 7.44. The van der Waals surface area contributed by atoms with Crippen LogP contribution < -0.4 is 5.43 Å². The maximum absolute atomic E-state index is 6.48. The summed E-state index contributed by atoms with van der Waals surface area (Å²) in [5.41, 5.74) is 8.77. The number of nitrogens with zero attached hydrogens (tertiary/aromatic N) is 1. The third-order valence-corrected chi connectivity index (χ3v) is 4.11. The first-order valence-electron chi connectivity index (χ1n) is 7.07. The van der Waals surface area contributed by atoms with Crippen LogP contribution in [0.15, 0.2) is 59.2 Å². The molecule has 0 amide bonds. The number of aryl methyl sites for hydroxylation is 2. The molecular formula is C18H17ClN2. The maximum atomic E-state index is 6.48. The summed E-state index contributed by atoms with van der Waals surface area (Å²) in [4.78, 5) is 0. The van der Waals surface area contributed by atoms with E-state index in [0.29, 0.717) is 0 Å². The molecule has 21 heavy (non-hydrogen) atoms. The lowest BCUT2D eigenvalue weighted by Crippen LogP contribution is -2.04. The van der Waals surface area contributed by atoms with Crippen molar-refractivity contribution >= 4 is 28.5 Å². The summed E-state index contributed by atoms with van der Waals surface area (Å²) in [6.07, 6.45) is 3.77. The zero-order valence-electron chi connectivity index (χ0n) is 11.9. The predicted molar refractivity (Wildman–Crippen MR) is 90.8 cm³/mol. The van der Waals surface area contributed by atoms with E-state index in [9.17, 15) is 0 Å². The predicted octanol–water partition coefficient (Wildman–Crippen LogP) is 4.99. The molecule has 0 unspecified atom stereocenters. The lowest BCUT2D eigenvalue weighted by atomic mass is 9.92. The molecule has 0 aromatic heterocycles. The number of allylic oxidation sites excluding steroid dienone is 1. The number of hydrazone groups is 1. The number of benzene rings is 2. The quantitative estimate of drug-likeness (QED) is 0.626. The van der Waals surface area contributed by atoms with Gasteiger partial charge in [-0.1, -0.05) is 53.6 Å². The molecule has 2 aromatic rings. The smallest absolute Gasteiger partial charge is 0.0561 e. The van der Waals surface area contributed by atoms with Crippen LogP contribution in [0.25, 0.3) is 5.03 Å². The van der Waals surface area contributed by atoms with E-state index in [1.165, 1.54) is 11.1 Å². The number of anilines is 1. The standard InChI is InChI=1S/C18H17ClN2/c1-13-6-10-16(11-7-13)21-20-12-15-9-8-14-4-2-3-5-17(14)18(15)19/h2-7,10-12,21H,8-9H2,1H3/b20-12+. The van der Waals surface area contributed by atoms with Crippen LogP contribution in [0.3, 0.4) is 0 Å². The fourth-order valence-corrected chi connectivity index (χ4v) is 2.77. The molecule has 0 fully saturated rings. The monoisotopic (exact) mass is 296 g/mol. The van der Waals surface area contributed by atoms with E-state index in [1.807, 2.05) is 24.4 Å². The highest BCUT2D eigenvalue weighted by atomic mass is 35.5. The molecule has 1 N–H and O–H groups in total. The lowest BCUT2D eigenvalue weighted by molar-refractivity contribution is 0.960. The topological polar surface area (TPSA) is 24.4 Å². The van der Waals surface area contributed by atoms with E-state index in [4.69, 9.17) is 11.6 Å². The number of fused-ring (bicyclic) bond motifs is 1. The highest BCUT2D eigenvalue weighted by Crippen LogP contribution is 2.33. The summed E-state index contributed by atoms with van der Waals surface area (Å²) in [6, 6.07) is 16.4. The highest BCUT2D eigenvalue weighted by Gasteiger charge is 2.15. The van der Waals surface area contributed by atoms with Crippen molar-refractivity contribution in [2.45, 2.75) is 19.8 Å². The van der Waals surface area contributed by atoms with E-state index >= 15 is 0 Å². The Labute approximate surface area is 130 Å². The van der Waals surface area contributed by atoms with Crippen molar-refractivity contribution in [3.8, 4) is 0 Å². The highest BCUT2D eigenvalue weighted by molar-refractivity contribution is 6.50. The molecular weight excluding hydrogens is 280 g/mol. The van der Waals surface area contributed by atoms with Crippen LogP contribution in [0.5, 0.6) is 0 Å². The second kappa shape index (κ2) is 6.15. The molecule has 0 bridgehead atoms. The summed E-state index contributed by atoms with van der Waals surface area (Å²) in [6.45, 7) is 2.07. The largest absolute Gasteiger partial charge is 0.279 e. The minimum atomic E-state index is 0.811. The van der Waals surface area contributed by atoms with Gasteiger partial charge in [0.15, 0.2) is 0 Å². The summed E-state index contributed by atoms with van der Waals surface area (Å²) >= 11 is 6.48. The van der Waals surface area contributed by atoms with Gasteiger partial charge in [0.25, 0.3) is 0 Å². The van der Waals surface area contributed by atoms with Gasteiger partial charge < -0.3 is 0 Å². The Hall–Kier alpha value is -2.06. The Morgan fingerprint density at radius 2 is 1.81 bits per heavy atom. The van der Waals surface area contributed by atoms with E-state index in [1.54, 1.807) is 0 Å². The minimum absolute atomic E-state index is 0.811. The number of nitrogens with one attached hydrogen (secondary N) is 1. The number of hydrogen-bond acceptors (Lipinski definition) is 2. The molecule has 0 heterocycles. The zero-order chi connectivity index (χ0) is 14.7. The van der Waals surface area contributed by atoms with Crippen LogP contribution >= 0.6 is 11.6 Å². The zero-order valence-corrected chi connectivity index (χ0v) is 12.7. The molecule has 2 nitrogen and oxygen atoms in total. The fraction of sp³-hybridized carbons (Fsp3) is 0.167. The van der Waals surface area contributed by atoms with Gasteiger partial charge >= 0.3 is 0 Å². The van der Waals surface area contributed by atoms with Crippen LogP contribution in [0.4, 0.5) is 5.69 Å². The van der Waals surface area contributed by atoms with Crippen molar-refractivity contribution in [3.05, 3.63) is 70.8 Å². The molecule has 0 atom stereocenters. The van der Waals surface area contributed by atoms with Crippen molar-refractivity contribution in [3.63, 3.8) is 0 Å². The van der Waals surface area contributed by atoms with Crippen molar-refractivity contribution in [2.24, 2.45) is 5.10 Å². The summed E-state index contributed by atoms with van der Waals surface area (Å²) in [5.74, 6) is 0. The molecule has 0 saturated carbocycles. The average molecular weight is 297 g/mol. The Morgan fingerprint density at radius 1 is 1.05 bits per heavy atom. The summed E-state index contributed by atoms with van der Waals surface area (Å²) in [5, 5.41) is 5.11. The summed E-state index contributed by atoms with van der Waals surface area (Å²) in [7, 11) is 0. The first kappa shape index (κ1) is 13.9. The molecule has 2 aromatic carbocycles. The van der Waals surface area contributed by atoms with Crippen molar-refractivity contribution < 1.29 is 0 Å². The molecule has 0 spiro atoms. The van der Waals surface area contributed by atoms with Crippen molar-refractivity contribution in [1.82, 2.24) is 0 Å². The minimum Gasteiger partial charge on any atom is -0.279 e. The SMILES string of the molecule is Cc1ccc(N/N=C/C2=C(Cl)c3ccccc3CC2)cc1. The van der Waals surface area contributed by atoms with Gasteiger partial charge in [0, 0.05) is 0 Å². The number of hydrogen-bond donors (Lipinski definition) is 1. The van der Waals surface area contributed by atoms with Gasteiger partial charge in [-0.05, 0) is 48.6 Å². The Morgan fingerprint density at radius 3 is 2.62 bits per heavy atom. The third kappa shape index (κ3) is 3.17. The van der Waals surface area contributed by atoms with Crippen molar-refractivity contribution in [1.29, 1.82) is 0 Å². The maximum Gasteiger partial charge on any atom is 0.0561 e. The van der Waals surface area contributed by atoms with Crippen LogP contribution in [0.2, 0.25) is 0 Å². The molecule has 0 saturated heterocycles. The average Bonchev–Trinajstić information content (AvgIpc) is 2.52. The molecule has 3 heteroatoms. The normalized spacial score (nSPS) is 14.4. The van der Waals surface area contributed by atoms with Gasteiger partial charge in [0.2, 0.25) is 0 Å². The third-order valence-electron chi connectivity index (χ3n) is 3.67. The van der Waals surface area contributed by atoms with E-state index in [-0.39, 0.29) is 0 Å². The van der Waals surface area contributed by atoms with Gasteiger partial charge in [-0.3, -0.25) is 5.43 Å². The number of halogens is 1. The van der Waals surface area contributed by atoms with Gasteiger partial charge in [-0.25, -0.2) is 0 Å². The molecule has 1 aliphatic rings. The van der Waals surface area contributed by atoms with E-state index < -0.39 is 0 Å². The second-order valence-electron chi connectivity index (χ2n) is 5.23. The van der Waals surface area contributed by atoms with Gasteiger partial charge in [-0.15, -0.1) is 0 Å². The fourth-order valence-electron chi connectivity index (χ4n) is 2.44. The van der Waals surface area contributed by atoms with Crippen LogP contribution in [-0.2, 0) is 6.42 Å².